The van der Waals surface area contributed by atoms with Crippen molar-refractivity contribution in [3.8, 4) is 0 Å². The van der Waals surface area contributed by atoms with Crippen molar-refractivity contribution in [2.45, 2.75) is 24.9 Å². The van der Waals surface area contributed by atoms with E-state index in [0.717, 1.165) is 19.3 Å². The Bertz CT molecular complexity index is 240. The summed E-state index contributed by atoms with van der Waals surface area (Å²) in [6.45, 7) is 1.34. The molecular weight excluding hydrogens is 184 g/mol. The first-order chi connectivity index (χ1) is 6.81. The summed E-state index contributed by atoms with van der Waals surface area (Å²) < 4.78 is 5.18. The van der Waals surface area contributed by atoms with Crippen molar-refractivity contribution in [3.05, 3.63) is 0 Å². The third-order valence-corrected chi connectivity index (χ3v) is 2.53. The van der Waals surface area contributed by atoms with Gasteiger partial charge in [0.25, 0.3) is 0 Å². The van der Waals surface area contributed by atoms with Gasteiger partial charge >= 0.3 is 0 Å². The maximum atomic E-state index is 11.6. The number of morpholine rings is 1. The molecule has 2 rings (SSSR count). The van der Waals surface area contributed by atoms with E-state index in [1.54, 1.807) is 0 Å². The van der Waals surface area contributed by atoms with Gasteiger partial charge in [0.05, 0.1) is 13.2 Å². The van der Waals surface area contributed by atoms with Crippen LogP contribution in [0.15, 0.2) is 0 Å². The molecule has 2 amide bonds. The summed E-state index contributed by atoms with van der Waals surface area (Å²) in [6, 6.07) is -0.0974. The van der Waals surface area contributed by atoms with E-state index in [4.69, 9.17) is 4.74 Å². The smallest absolute Gasteiger partial charge is 0.245 e. The molecule has 2 aliphatic rings. The normalized spacial score (nSPS) is 27.1. The minimum Gasteiger partial charge on any atom is -0.377 e. The van der Waals surface area contributed by atoms with Crippen molar-refractivity contribution in [3.63, 3.8) is 0 Å². The fourth-order valence-corrected chi connectivity index (χ4v) is 1.49. The highest BCUT2D eigenvalue weighted by Gasteiger charge is 2.32. The number of hydrogen-bond acceptors (Lipinski definition) is 3. The molecule has 1 N–H and O–H groups in total. The van der Waals surface area contributed by atoms with Crippen LogP contribution in [0.2, 0.25) is 0 Å². The van der Waals surface area contributed by atoms with Crippen molar-refractivity contribution >= 4 is 12.3 Å². The summed E-state index contributed by atoms with van der Waals surface area (Å²) in [6.07, 6.45) is 2.83. The van der Waals surface area contributed by atoms with Gasteiger partial charge < -0.3 is 15.0 Å². The third-order valence-electron chi connectivity index (χ3n) is 2.53. The monoisotopic (exact) mass is 198 g/mol. The van der Waals surface area contributed by atoms with Gasteiger partial charge in [0.2, 0.25) is 12.3 Å². The van der Waals surface area contributed by atoms with Gasteiger partial charge in [0.15, 0.2) is 0 Å². The number of nitrogens with one attached hydrogen (secondary N) is 1. The van der Waals surface area contributed by atoms with E-state index in [-0.39, 0.29) is 5.91 Å². The van der Waals surface area contributed by atoms with Crippen molar-refractivity contribution in [2.24, 2.45) is 0 Å². The molecule has 1 unspecified atom stereocenters. The first kappa shape index (κ1) is 9.45. The summed E-state index contributed by atoms with van der Waals surface area (Å²) in [5.74, 6) is -0.0840. The number of rotatable bonds is 3. The van der Waals surface area contributed by atoms with E-state index in [1.165, 1.54) is 4.90 Å². The lowest BCUT2D eigenvalue weighted by Crippen LogP contribution is -2.53. The van der Waals surface area contributed by atoms with Gasteiger partial charge in [-0.3, -0.25) is 9.59 Å². The second-order valence-corrected chi connectivity index (χ2v) is 3.72. The number of ether oxygens (including phenoxy) is 1. The van der Waals surface area contributed by atoms with Crippen LogP contribution in [0.5, 0.6) is 0 Å². The van der Waals surface area contributed by atoms with Gasteiger partial charge in [-0.15, -0.1) is 0 Å². The first-order valence-corrected chi connectivity index (χ1v) is 4.90. The molecule has 0 bridgehead atoms. The summed E-state index contributed by atoms with van der Waals surface area (Å²) in [7, 11) is 0. The molecule has 78 valence electrons. The SMILES string of the molecule is O=CN1CCOCC1C(=O)NC1CC1. The van der Waals surface area contributed by atoms with Crippen molar-refractivity contribution in [1.29, 1.82) is 0 Å². The Kier molecular flexibility index (Phi) is 2.67. The standard InChI is InChI=1S/C9H14N2O3/c12-6-11-3-4-14-5-8(11)9(13)10-7-1-2-7/h6-8H,1-5H2,(H,10,13). The highest BCUT2D eigenvalue weighted by molar-refractivity contribution is 5.84. The maximum Gasteiger partial charge on any atom is 0.245 e. The van der Waals surface area contributed by atoms with E-state index in [0.29, 0.717) is 25.8 Å². The van der Waals surface area contributed by atoms with Crippen molar-refractivity contribution < 1.29 is 14.3 Å². The summed E-state index contributed by atoms with van der Waals surface area (Å²) >= 11 is 0. The molecule has 1 aliphatic carbocycles. The van der Waals surface area contributed by atoms with Crippen molar-refractivity contribution in [2.75, 3.05) is 19.8 Å². The minimum atomic E-state index is -0.429. The summed E-state index contributed by atoms with van der Waals surface area (Å²) in [4.78, 5) is 23.8. The molecule has 1 atom stereocenters. The van der Waals surface area contributed by atoms with Crippen LogP contribution in [0.25, 0.3) is 0 Å². The van der Waals surface area contributed by atoms with Crippen LogP contribution in [0, 0.1) is 0 Å². The number of carbonyl (C=O) groups is 2. The summed E-state index contributed by atoms with van der Waals surface area (Å²) in [5.41, 5.74) is 0. The topological polar surface area (TPSA) is 58.6 Å². The number of amides is 2. The van der Waals surface area contributed by atoms with Crippen LogP contribution in [-0.4, -0.2) is 49.1 Å². The quantitative estimate of drug-likeness (QED) is 0.599. The molecule has 0 aromatic carbocycles. The number of nitrogens with zero attached hydrogens (tertiary/aromatic N) is 1. The zero-order valence-electron chi connectivity index (χ0n) is 7.94. The molecule has 0 aromatic rings. The van der Waals surface area contributed by atoms with Crippen LogP contribution in [0.1, 0.15) is 12.8 Å². The van der Waals surface area contributed by atoms with Gasteiger partial charge in [-0.1, -0.05) is 0 Å². The van der Waals surface area contributed by atoms with E-state index in [9.17, 15) is 9.59 Å². The molecule has 0 radical (unpaired) electrons. The lowest BCUT2D eigenvalue weighted by molar-refractivity contribution is -0.140. The van der Waals surface area contributed by atoms with E-state index >= 15 is 0 Å². The Morgan fingerprint density at radius 1 is 1.50 bits per heavy atom. The Labute approximate surface area is 82.4 Å². The Balaban J connectivity index is 1.91. The average molecular weight is 198 g/mol. The molecule has 1 heterocycles. The van der Waals surface area contributed by atoms with E-state index in [1.807, 2.05) is 0 Å². The predicted octanol–water partition coefficient (Wildman–Crippen LogP) is -0.878. The molecule has 14 heavy (non-hydrogen) atoms. The average Bonchev–Trinajstić information content (AvgIpc) is 3.01. The highest BCUT2D eigenvalue weighted by atomic mass is 16.5. The fraction of sp³-hybridized carbons (Fsp3) is 0.778. The largest absolute Gasteiger partial charge is 0.377 e. The molecule has 5 heteroatoms. The summed E-state index contributed by atoms with van der Waals surface area (Å²) in [5, 5.41) is 2.87. The zero-order chi connectivity index (χ0) is 9.97. The Morgan fingerprint density at radius 2 is 2.29 bits per heavy atom. The molecule has 1 saturated carbocycles. The molecule has 1 saturated heterocycles. The molecule has 2 fully saturated rings. The fourth-order valence-electron chi connectivity index (χ4n) is 1.49. The van der Waals surface area contributed by atoms with Gasteiger partial charge in [-0.25, -0.2) is 0 Å². The van der Waals surface area contributed by atoms with Gasteiger partial charge in [-0.05, 0) is 12.8 Å². The second kappa shape index (κ2) is 3.96. The maximum absolute atomic E-state index is 11.6. The Hall–Kier alpha value is -1.10. The number of hydrogen-bond donors (Lipinski definition) is 1. The van der Waals surface area contributed by atoms with Crippen LogP contribution in [0.3, 0.4) is 0 Å². The lowest BCUT2D eigenvalue weighted by atomic mass is 10.2. The minimum absolute atomic E-state index is 0.0840. The highest BCUT2D eigenvalue weighted by Crippen LogP contribution is 2.19. The predicted molar refractivity (Wildman–Crippen MR) is 48.5 cm³/mol. The lowest BCUT2D eigenvalue weighted by Gasteiger charge is -2.31. The van der Waals surface area contributed by atoms with Crippen LogP contribution >= 0.6 is 0 Å². The van der Waals surface area contributed by atoms with Crippen LogP contribution in [-0.2, 0) is 14.3 Å². The van der Waals surface area contributed by atoms with Gasteiger partial charge in [-0.2, -0.15) is 0 Å². The van der Waals surface area contributed by atoms with E-state index < -0.39 is 6.04 Å². The van der Waals surface area contributed by atoms with Crippen LogP contribution in [0.4, 0.5) is 0 Å². The second-order valence-electron chi connectivity index (χ2n) is 3.72. The third kappa shape index (κ3) is 2.04. The first-order valence-electron chi connectivity index (χ1n) is 4.90. The van der Waals surface area contributed by atoms with E-state index in [2.05, 4.69) is 5.32 Å². The molecule has 0 aromatic heterocycles. The number of carbonyl (C=O) groups excluding carboxylic acids is 2. The Morgan fingerprint density at radius 3 is 2.93 bits per heavy atom. The molecule has 1 aliphatic heterocycles. The van der Waals surface area contributed by atoms with Crippen LogP contribution < -0.4 is 5.32 Å². The van der Waals surface area contributed by atoms with Crippen molar-refractivity contribution in [1.82, 2.24) is 10.2 Å². The molecule has 0 spiro atoms. The van der Waals surface area contributed by atoms with Gasteiger partial charge in [0, 0.05) is 12.6 Å². The molecule has 5 nitrogen and oxygen atoms in total. The zero-order valence-corrected chi connectivity index (χ0v) is 7.94. The van der Waals surface area contributed by atoms with Gasteiger partial charge in [0.1, 0.15) is 6.04 Å². The molecular formula is C9H14N2O3.